The van der Waals surface area contributed by atoms with E-state index in [2.05, 4.69) is 4.74 Å². The number of hydrogen-bond acceptors (Lipinski definition) is 5. The third-order valence-electron chi connectivity index (χ3n) is 6.38. The minimum Gasteiger partial charge on any atom is -0.549 e. The van der Waals surface area contributed by atoms with Crippen LogP contribution in [0.3, 0.4) is 0 Å². The molecule has 1 aliphatic carbocycles. The van der Waals surface area contributed by atoms with Gasteiger partial charge in [0.05, 0.1) is 5.52 Å². The third kappa shape index (κ3) is 4.42. The second kappa shape index (κ2) is 8.86. The quantitative estimate of drug-likeness (QED) is 0.524. The molecule has 1 heterocycles. The van der Waals surface area contributed by atoms with E-state index in [1.165, 1.54) is 6.92 Å². The molecular formula is C24H19F5NO5-. The van der Waals surface area contributed by atoms with Crippen molar-refractivity contribution in [1.82, 2.24) is 4.57 Å². The SMILES string of the molecule is Cc1c(C(C(=O)[O-])C2CCCC2)c2c(F)c(O)c(F)cc2n1C(=O)c1ccc(OC(F)(F)F)cc1. The minimum atomic E-state index is -4.94. The van der Waals surface area contributed by atoms with Gasteiger partial charge in [-0.2, -0.15) is 0 Å². The summed E-state index contributed by atoms with van der Waals surface area (Å²) < 4.78 is 71.4. The molecule has 0 spiro atoms. The molecule has 1 aliphatic rings. The number of carbonyl (C=O) groups excluding carboxylic acids is 2. The molecule has 0 amide bonds. The number of benzene rings is 2. The van der Waals surface area contributed by atoms with E-state index in [0.29, 0.717) is 18.9 Å². The van der Waals surface area contributed by atoms with E-state index >= 15 is 4.39 Å². The van der Waals surface area contributed by atoms with Gasteiger partial charge in [0.1, 0.15) is 5.75 Å². The number of phenols is 1. The first kappa shape index (κ1) is 24.5. The molecular weight excluding hydrogens is 477 g/mol. The summed E-state index contributed by atoms with van der Waals surface area (Å²) in [7, 11) is 0. The number of aromatic nitrogens is 1. The van der Waals surface area contributed by atoms with Gasteiger partial charge in [0.25, 0.3) is 5.91 Å². The van der Waals surface area contributed by atoms with Crippen LogP contribution in [0.4, 0.5) is 22.0 Å². The molecule has 11 heteroatoms. The van der Waals surface area contributed by atoms with Gasteiger partial charge in [0.15, 0.2) is 17.4 Å². The Balaban J connectivity index is 1.91. The van der Waals surface area contributed by atoms with Crippen LogP contribution in [0.5, 0.6) is 11.5 Å². The minimum absolute atomic E-state index is 0.00869. The highest BCUT2D eigenvalue weighted by Crippen LogP contribution is 2.44. The number of fused-ring (bicyclic) bond motifs is 1. The Bertz CT molecular complexity index is 1310. The van der Waals surface area contributed by atoms with E-state index in [9.17, 15) is 37.4 Å². The number of ether oxygens (including phenoxy) is 1. The lowest BCUT2D eigenvalue weighted by molar-refractivity contribution is -0.309. The van der Waals surface area contributed by atoms with E-state index in [0.717, 1.165) is 41.7 Å². The summed E-state index contributed by atoms with van der Waals surface area (Å²) in [6, 6.07) is 4.59. The molecule has 1 unspecified atom stereocenters. The fourth-order valence-electron chi connectivity index (χ4n) is 4.92. The highest BCUT2D eigenvalue weighted by molar-refractivity contribution is 6.05. The standard InChI is InChI=1S/C24H20F5NO5/c1-11-17(18(23(33)34)12-4-2-3-5-12)19-16(10-15(25)21(31)20(19)26)30(11)22(32)13-6-8-14(9-7-13)35-24(27,28)29/h6-10,12,18,31H,2-5H2,1H3,(H,33,34)/p-1. The zero-order valence-corrected chi connectivity index (χ0v) is 18.3. The Hall–Kier alpha value is -3.63. The number of carboxylic acids is 1. The molecule has 35 heavy (non-hydrogen) atoms. The molecule has 0 radical (unpaired) electrons. The first-order valence-electron chi connectivity index (χ1n) is 10.7. The topological polar surface area (TPSA) is 91.6 Å². The fourth-order valence-corrected chi connectivity index (χ4v) is 4.92. The van der Waals surface area contributed by atoms with Crippen LogP contribution >= 0.6 is 0 Å². The number of aliphatic carboxylic acids is 1. The van der Waals surface area contributed by atoms with Gasteiger partial charge in [-0.1, -0.05) is 12.8 Å². The second-order valence-electron chi connectivity index (χ2n) is 8.47. The number of halogens is 5. The van der Waals surface area contributed by atoms with Gasteiger partial charge < -0.3 is 19.7 Å². The number of phenolic OH excluding ortho intramolecular Hbond substituents is 1. The van der Waals surface area contributed by atoms with E-state index in [1.54, 1.807) is 0 Å². The molecule has 1 N–H and O–H groups in total. The van der Waals surface area contributed by atoms with Crippen LogP contribution in [-0.4, -0.2) is 27.9 Å². The smallest absolute Gasteiger partial charge is 0.549 e. The summed E-state index contributed by atoms with van der Waals surface area (Å²) in [6.07, 6.45) is -2.40. The molecule has 4 rings (SSSR count). The molecule has 1 atom stereocenters. The largest absolute Gasteiger partial charge is 0.573 e. The summed E-state index contributed by atoms with van der Waals surface area (Å²) in [6.45, 7) is 1.35. The Morgan fingerprint density at radius 2 is 1.74 bits per heavy atom. The van der Waals surface area contributed by atoms with E-state index in [1.807, 2.05) is 0 Å². The van der Waals surface area contributed by atoms with Gasteiger partial charge in [-0.05, 0) is 55.5 Å². The van der Waals surface area contributed by atoms with Crippen LogP contribution in [0.25, 0.3) is 10.9 Å². The molecule has 0 aliphatic heterocycles. The van der Waals surface area contributed by atoms with Crippen molar-refractivity contribution in [3.8, 4) is 11.5 Å². The van der Waals surface area contributed by atoms with Gasteiger partial charge in [0.2, 0.25) is 0 Å². The van der Waals surface area contributed by atoms with E-state index in [4.69, 9.17) is 0 Å². The number of hydrogen-bond donors (Lipinski definition) is 1. The zero-order chi connectivity index (χ0) is 25.7. The molecule has 1 saturated carbocycles. The van der Waals surface area contributed by atoms with Crippen molar-refractivity contribution in [3.05, 3.63) is 58.8 Å². The van der Waals surface area contributed by atoms with Crippen molar-refractivity contribution < 1.29 is 46.5 Å². The van der Waals surface area contributed by atoms with Crippen LogP contribution in [0, 0.1) is 24.5 Å². The van der Waals surface area contributed by atoms with Crippen molar-refractivity contribution >= 4 is 22.8 Å². The number of alkyl halides is 3. The summed E-state index contributed by atoms with van der Waals surface area (Å²) in [4.78, 5) is 25.5. The first-order valence-corrected chi connectivity index (χ1v) is 10.7. The first-order chi connectivity index (χ1) is 16.4. The normalized spacial score (nSPS) is 15.5. The zero-order valence-electron chi connectivity index (χ0n) is 18.3. The maximum atomic E-state index is 15.1. The Morgan fingerprint density at radius 3 is 2.29 bits per heavy atom. The summed E-state index contributed by atoms with van der Waals surface area (Å²) in [5.74, 6) is -8.79. The third-order valence-corrected chi connectivity index (χ3v) is 6.38. The molecule has 0 saturated heterocycles. The highest BCUT2D eigenvalue weighted by Gasteiger charge is 2.35. The number of nitrogens with zero attached hydrogens (tertiary/aromatic N) is 1. The van der Waals surface area contributed by atoms with Gasteiger partial charge in [-0.15, -0.1) is 13.2 Å². The van der Waals surface area contributed by atoms with Crippen LogP contribution < -0.4 is 9.84 Å². The fraction of sp³-hybridized carbons (Fsp3) is 0.333. The summed E-state index contributed by atoms with van der Waals surface area (Å²) in [5, 5.41) is 21.6. The predicted octanol–water partition coefficient (Wildman–Crippen LogP) is 4.54. The van der Waals surface area contributed by atoms with Gasteiger partial charge >= 0.3 is 6.36 Å². The molecule has 0 bridgehead atoms. The van der Waals surface area contributed by atoms with Crippen molar-refractivity contribution in [1.29, 1.82) is 0 Å². The van der Waals surface area contributed by atoms with Crippen molar-refractivity contribution in [2.75, 3.05) is 0 Å². The molecule has 2 aromatic carbocycles. The maximum Gasteiger partial charge on any atom is 0.573 e. The molecule has 186 valence electrons. The highest BCUT2D eigenvalue weighted by atomic mass is 19.4. The van der Waals surface area contributed by atoms with Gasteiger partial charge in [-0.25, -0.2) is 8.78 Å². The van der Waals surface area contributed by atoms with Crippen LogP contribution in [-0.2, 0) is 4.79 Å². The Labute approximate surface area is 195 Å². The number of carbonyl (C=O) groups is 2. The monoisotopic (exact) mass is 496 g/mol. The average Bonchev–Trinajstić information content (AvgIpc) is 3.38. The molecule has 1 aromatic heterocycles. The van der Waals surface area contributed by atoms with Crippen LogP contribution in [0.2, 0.25) is 0 Å². The average molecular weight is 496 g/mol. The number of carboxylic acid groups (broad SMARTS) is 1. The van der Waals surface area contributed by atoms with E-state index in [-0.39, 0.29) is 22.3 Å². The van der Waals surface area contributed by atoms with E-state index < -0.39 is 58.6 Å². The maximum absolute atomic E-state index is 15.1. The van der Waals surface area contributed by atoms with Crippen molar-refractivity contribution in [3.63, 3.8) is 0 Å². The lowest BCUT2D eigenvalue weighted by atomic mass is 9.83. The summed E-state index contributed by atoms with van der Waals surface area (Å²) in [5.41, 5.74) is -0.586. The molecule has 6 nitrogen and oxygen atoms in total. The number of aromatic hydroxyl groups is 1. The lowest BCUT2D eigenvalue weighted by Gasteiger charge is -2.25. The Kier molecular flexibility index (Phi) is 6.20. The summed E-state index contributed by atoms with van der Waals surface area (Å²) >= 11 is 0. The van der Waals surface area contributed by atoms with Crippen molar-refractivity contribution in [2.45, 2.75) is 44.9 Å². The van der Waals surface area contributed by atoms with Crippen LogP contribution in [0.1, 0.15) is 53.2 Å². The molecule has 1 fully saturated rings. The van der Waals surface area contributed by atoms with Crippen LogP contribution in [0.15, 0.2) is 30.3 Å². The number of rotatable bonds is 5. The predicted molar refractivity (Wildman–Crippen MR) is 111 cm³/mol. The lowest BCUT2D eigenvalue weighted by Crippen LogP contribution is -2.34. The van der Waals surface area contributed by atoms with Crippen molar-refractivity contribution in [2.24, 2.45) is 5.92 Å². The van der Waals surface area contributed by atoms with Gasteiger partial charge in [0, 0.05) is 34.6 Å². The Morgan fingerprint density at radius 1 is 1.14 bits per heavy atom. The molecule has 3 aromatic rings. The second-order valence-corrected chi connectivity index (χ2v) is 8.47. The van der Waals surface area contributed by atoms with Gasteiger partial charge in [-0.3, -0.25) is 9.36 Å².